The molecule has 0 amide bonds. The van der Waals surface area contributed by atoms with Crippen LogP contribution in [-0.2, 0) is 13.6 Å². The molecule has 0 aliphatic heterocycles. The number of nitrogens with one attached hydrogen (secondary N) is 1. The van der Waals surface area contributed by atoms with Gasteiger partial charge in [-0.1, -0.05) is 0 Å². The first-order valence-electron chi connectivity index (χ1n) is 5.45. The fraction of sp³-hybridized carbons (Fsp3) is 0.250. The van der Waals surface area contributed by atoms with E-state index in [0.29, 0.717) is 17.9 Å². The Balaban J connectivity index is 2.16. The summed E-state index contributed by atoms with van der Waals surface area (Å²) in [4.78, 5) is 4.17. The lowest BCUT2D eigenvalue weighted by molar-refractivity contribution is 0.387. The zero-order chi connectivity index (χ0) is 13.1. The highest BCUT2D eigenvalue weighted by atomic mass is 19.1. The first-order valence-corrected chi connectivity index (χ1v) is 5.45. The van der Waals surface area contributed by atoms with Crippen LogP contribution in [-0.4, -0.2) is 16.7 Å². The number of ether oxygens (including phenoxy) is 1. The molecule has 0 unspecified atom stereocenters. The molecule has 2 aromatic rings. The van der Waals surface area contributed by atoms with Gasteiger partial charge in [-0.3, -0.25) is 0 Å². The van der Waals surface area contributed by atoms with E-state index in [1.807, 2.05) is 17.8 Å². The highest BCUT2D eigenvalue weighted by molar-refractivity contribution is 5.68. The van der Waals surface area contributed by atoms with E-state index >= 15 is 0 Å². The molecule has 18 heavy (non-hydrogen) atoms. The molecule has 1 aromatic heterocycles. The Morgan fingerprint density at radius 2 is 2.28 bits per heavy atom. The quantitative estimate of drug-likeness (QED) is 0.811. The Kier molecular flexibility index (Phi) is 3.36. The van der Waals surface area contributed by atoms with Crippen molar-refractivity contribution in [2.45, 2.75) is 6.54 Å². The van der Waals surface area contributed by atoms with Gasteiger partial charge in [-0.25, -0.2) is 9.37 Å². The summed E-state index contributed by atoms with van der Waals surface area (Å²) in [5.41, 5.74) is 6.69. The maximum atomic E-state index is 13.4. The number of rotatable bonds is 4. The maximum Gasteiger partial charge on any atom is 0.167 e. The van der Waals surface area contributed by atoms with Crippen LogP contribution in [0.15, 0.2) is 24.5 Å². The van der Waals surface area contributed by atoms with Crippen LogP contribution in [0.1, 0.15) is 5.82 Å². The van der Waals surface area contributed by atoms with E-state index in [4.69, 9.17) is 10.5 Å². The number of hydrogen-bond donors (Lipinski definition) is 2. The zero-order valence-electron chi connectivity index (χ0n) is 10.3. The number of methoxy groups -OCH3 is 1. The van der Waals surface area contributed by atoms with Crippen molar-refractivity contribution in [1.82, 2.24) is 9.55 Å². The number of halogens is 1. The van der Waals surface area contributed by atoms with Gasteiger partial charge in [0, 0.05) is 31.6 Å². The topological polar surface area (TPSA) is 65.1 Å². The van der Waals surface area contributed by atoms with Crippen LogP contribution >= 0.6 is 0 Å². The molecular formula is C12H15FN4O. The average Bonchev–Trinajstić information content (AvgIpc) is 2.74. The van der Waals surface area contributed by atoms with E-state index in [0.717, 1.165) is 5.82 Å². The highest BCUT2D eigenvalue weighted by Gasteiger charge is 2.08. The first kappa shape index (κ1) is 12.2. The van der Waals surface area contributed by atoms with Crippen molar-refractivity contribution in [2.24, 2.45) is 7.05 Å². The van der Waals surface area contributed by atoms with Crippen LogP contribution in [0.3, 0.4) is 0 Å². The Bertz CT molecular complexity index is 553. The summed E-state index contributed by atoms with van der Waals surface area (Å²) >= 11 is 0. The number of aryl methyl sites for hydroxylation is 1. The minimum atomic E-state index is -0.474. The van der Waals surface area contributed by atoms with Crippen LogP contribution in [0.5, 0.6) is 5.75 Å². The minimum Gasteiger partial charge on any atom is -0.494 e. The van der Waals surface area contributed by atoms with Crippen LogP contribution in [0.25, 0.3) is 0 Å². The van der Waals surface area contributed by atoms with Crippen LogP contribution in [0, 0.1) is 5.82 Å². The van der Waals surface area contributed by atoms with Gasteiger partial charge in [-0.05, 0) is 0 Å². The van der Waals surface area contributed by atoms with E-state index in [-0.39, 0.29) is 5.75 Å². The van der Waals surface area contributed by atoms with Crippen LogP contribution < -0.4 is 15.8 Å². The average molecular weight is 250 g/mol. The molecule has 0 saturated carbocycles. The van der Waals surface area contributed by atoms with Crippen molar-refractivity contribution in [3.8, 4) is 5.75 Å². The predicted octanol–water partition coefficient (Wildman–Crippen LogP) is 1.76. The molecule has 0 atom stereocenters. The van der Waals surface area contributed by atoms with E-state index in [1.54, 1.807) is 6.20 Å². The monoisotopic (exact) mass is 250 g/mol. The van der Waals surface area contributed by atoms with Crippen molar-refractivity contribution >= 4 is 11.4 Å². The molecule has 0 saturated heterocycles. The van der Waals surface area contributed by atoms with Crippen molar-refractivity contribution in [2.75, 3.05) is 18.2 Å². The predicted molar refractivity (Wildman–Crippen MR) is 67.9 cm³/mol. The number of benzene rings is 1. The summed E-state index contributed by atoms with van der Waals surface area (Å²) in [6, 6.07) is 2.77. The maximum absolute atomic E-state index is 13.4. The lowest BCUT2D eigenvalue weighted by atomic mass is 10.2. The third-order valence-electron chi connectivity index (χ3n) is 2.68. The molecule has 0 aliphatic carbocycles. The van der Waals surface area contributed by atoms with Gasteiger partial charge in [0.2, 0.25) is 0 Å². The highest BCUT2D eigenvalue weighted by Crippen LogP contribution is 2.28. The van der Waals surface area contributed by atoms with Crippen molar-refractivity contribution in [3.05, 3.63) is 36.2 Å². The summed E-state index contributed by atoms with van der Waals surface area (Å²) in [7, 11) is 3.32. The second kappa shape index (κ2) is 4.95. The fourth-order valence-electron chi connectivity index (χ4n) is 1.62. The molecule has 0 fully saturated rings. The summed E-state index contributed by atoms with van der Waals surface area (Å²) in [5, 5.41) is 3.10. The summed E-state index contributed by atoms with van der Waals surface area (Å²) < 4.78 is 20.2. The van der Waals surface area contributed by atoms with Crippen LogP contribution in [0.4, 0.5) is 15.8 Å². The van der Waals surface area contributed by atoms with Crippen molar-refractivity contribution < 1.29 is 9.13 Å². The Hall–Kier alpha value is -2.24. The van der Waals surface area contributed by atoms with E-state index in [9.17, 15) is 4.39 Å². The molecule has 3 N–H and O–H groups in total. The van der Waals surface area contributed by atoms with Gasteiger partial charge in [0.1, 0.15) is 5.82 Å². The largest absolute Gasteiger partial charge is 0.494 e. The number of hydrogen-bond acceptors (Lipinski definition) is 4. The van der Waals surface area contributed by atoms with Gasteiger partial charge in [-0.15, -0.1) is 0 Å². The molecule has 0 spiro atoms. The lowest BCUT2D eigenvalue weighted by Crippen LogP contribution is -2.07. The number of nitrogens with zero attached hydrogens (tertiary/aromatic N) is 2. The van der Waals surface area contributed by atoms with E-state index < -0.39 is 5.82 Å². The molecule has 0 radical (unpaired) electrons. The smallest absolute Gasteiger partial charge is 0.167 e. The normalized spacial score (nSPS) is 10.4. The van der Waals surface area contributed by atoms with Gasteiger partial charge < -0.3 is 20.4 Å². The van der Waals surface area contributed by atoms with Gasteiger partial charge in [0.25, 0.3) is 0 Å². The molecule has 0 bridgehead atoms. The van der Waals surface area contributed by atoms with Crippen LogP contribution in [0.2, 0.25) is 0 Å². The molecular weight excluding hydrogens is 235 g/mol. The Labute approximate surface area is 104 Å². The molecule has 6 heteroatoms. The third kappa shape index (κ3) is 2.37. The standard InChI is InChI=1S/C12H15FN4O/c1-17-4-3-15-12(17)7-16-10-6-11(18-2)8(13)5-9(10)14/h3-6,16H,7,14H2,1-2H3. The lowest BCUT2D eigenvalue weighted by Gasteiger charge is -2.11. The molecule has 1 aromatic carbocycles. The van der Waals surface area contributed by atoms with Gasteiger partial charge in [0.05, 0.1) is 25.0 Å². The number of nitrogen functional groups attached to an aromatic ring is 1. The second-order valence-electron chi connectivity index (χ2n) is 3.88. The molecule has 1 heterocycles. The van der Waals surface area contributed by atoms with Gasteiger partial charge in [0.15, 0.2) is 11.6 Å². The van der Waals surface area contributed by atoms with Gasteiger partial charge in [-0.2, -0.15) is 0 Å². The molecule has 0 aliphatic rings. The third-order valence-corrected chi connectivity index (χ3v) is 2.68. The number of anilines is 2. The van der Waals surface area contributed by atoms with Crippen molar-refractivity contribution in [3.63, 3.8) is 0 Å². The summed E-state index contributed by atoms with van der Waals surface area (Å²) in [6.45, 7) is 0.502. The number of nitrogens with two attached hydrogens (primary N) is 1. The van der Waals surface area contributed by atoms with Gasteiger partial charge >= 0.3 is 0 Å². The molecule has 5 nitrogen and oxygen atoms in total. The van der Waals surface area contributed by atoms with E-state index in [1.165, 1.54) is 19.2 Å². The Morgan fingerprint density at radius 1 is 1.50 bits per heavy atom. The summed E-state index contributed by atoms with van der Waals surface area (Å²) in [5.74, 6) is 0.543. The fourth-order valence-corrected chi connectivity index (χ4v) is 1.62. The SMILES string of the molecule is COc1cc(NCc2nccn2C)c(N)cc1F. The number of imidazole rings is 1. The van der Waals surface area contributed by atoms with Crippen molar-refractivity contribution in [1.29, 1.82) is 0 Å². The zero-order valence-corrected chi connectivity index (χ0v) is 10.3. The summed E-state index contributed by atoms with van der Waals surface area (Å²) in [6.07, 6.45) is 3.57. The molecule has 96 valence electrons. The van der Waals surface area contributed by atoms with E-state index in [2.05, 4.69) is 10.3 Å². The second-order valence-corrected chi connectivity index (χ2v) is 3.88. The molecule has 2 rings (SSSR count). The first-order chi connectivity index (χ1) is 8.61. The number of aromatic nitrogens is 2. The Morgan fingerprint density at radius 3 is 2.89 bits per heavy atom. The minimum absolute atomic E-state index is 0.159.